The molecule has 0 spiro atoms. The summed E-state index contributed by atoms with van der Waals surface area (Å²) in [6.45, 7) is 5.14. The summed E-state index contributed by atoms with van der Waals surface area (Å²) in [5.41, 5.74) is 4.32. The van der Waals surface area contributed by atoms with Gasteiger partial charge in [-0.15, -0.1) is 5.10 Å². The molecule has 0 saturated carbocycles. The third kappa shape index (κ3) is 4.49. The van der Waals surface area contributed by atoms with Crippen molar-refractivity contribution in [2.75, 3.05) is 23.8 Å². The lowest BCUT2D eigenvalue weighted by Gasteiger charge is -2.19. The fraction of sp³-hybridized carbons (Fsp3) is 0.300. The molecule has 0 radical (unpaired) electrons. The van der Waals surface area contributed by atoms with E-state index in [1.54, 1.807) is 11.0 Å². The molecule has 2 aromatic carbocycles. The van der Waals surface area contributed by atoms with E-state index in [1.807, 2.05) is 49.4 Å². The standard InChI is InChI=1S/C20H24N6O/c1-4-5-12-25(3)18-9-6-16(7-10-18)20(27)22-17-8-11-19(15(2)13-17)26-14-21-23-24-26/h6-11,13-14H,4-5,12H2,1-3H3,(H,22,27). The van der Waals surface area contributed by atoms with Gasteiger partial charge in [-0.3, -0.25) is 4.79 Å². The van der Waals surface area contributed by atoms with Crippen molar-refractivity contribution in [2.24, 2.45) is 0 Å². The SMILES string of the molecule is CCCCN(C)c1ccc(C(=O)Nc2ccc(-n3cnnn3)c(C)c2)cc1. The van der Waals surface area contributed by atoms with Crippen LogP contribution in [-0.2, 0) is 0 Å². The third-order valence-electron chi connectivity index (χ3n) is 4.47. The van der Waals surface area contributed by atoms with E-state index in [4.69, 9.17) is 0 Å². The fourth-order valence-electron chi connectivity index (χ4n) is 2.86. The predicted molar refractivity (Wildman–Crippen MR) is 106 cm³/mol. The van der Waals surface area contributed by atoms with Crippen LogP contribution in [0.1, 0.15) is 35.7 Å². The number of tetrazole rings is 1. The van der Waals surface area contributed by atoms with Gasteiger partial charge in [-0.2, -0.15) is 0 Å². The lowest BCUT2D eigenvalue weighted by molar-refractivity contribution is 0.102. The van der Waals surface area contributed by atoms with Crippen molar-refractivity contribution < 1.29 is 4.79 Å². The lowest BCUT2D eigenvalue weighted by Crippen LogP contribution is -2.18. The van der Waals surface area contributed by atoms with Crippen LogP contribution in [-0.4, -0.2) is 39.7 Å². The number of hydrogen-bond donors (Lipinski definition) is 1. The maximum absolute atomic E-state index is 12.5. The topological polar surface area (TPSA) is 75.9 Å². The van der Waals surface area contributed by atoms with Gasteiger partial charge in [0.2, 0.25) is 0 Å². The molecule has 0 saturated heterocycles. The molecule has 0 fully saturated rings. The molecule has 1 amide bonds. The highest BCUT2D eigenvalue weighted by atomic mass is 16.1. The number of unbranched alkanes of at least 4 members (excludes halogenated alkanes) is 1. The number of aryl methyl sites for hydroxylation is 1. The highest BCUT2D eigenvalue weighted by Gasteiger charge is 2.09. The Morgan fingerprint density at radius 1 is 1.19 bits per heavy atom. The van der Waals surface area contributed by atoms with Gasteiger partial charge in [0, 0.05) is 30.5 Å². The minimum atomic E-state index is -0.132. The van der Waals surface area contributed by atoms with Gasteiger partial charge >= 0.3 is 0 Å². The highest BCUT2D eigenvalue weighted by Crippen LogP contribution is 2.19. The first-order valence-electron chi connectivity index (χ1n) is 9.05. The molecule has 7 nitrogen and oxygen atoms in total. The molecule has 0 aliphatic carbocycles. The number of aromatic nitrogens is 4. The van der Waals surface area contributed by atoms with Crippen LogP contribution in [0, 0.1) is 6.92 Å². The molecule has 3 aromatic rings. The minimum Gasteiger partial charge on any atom is -0.375 e. The first-order chi connectivity index (χ1) is 13.1. The van der Waals surface area contributed by atoms with Gasteiger partial charge in [0.1, 0.15) is 6.33 Å². The molecule has 0 aliphatic rings. The molecular formula is C20H24N6O. The monoisotopic (exact) mass is 364 g/mol. The molecule has 140 valence electrons. The summed E-state index contributed by atoms with van der Waals surface area (Å²) in [5.74, 6) is -0.132. The Kier molecular flexibility index (Phi) is 5.80. The van der Waals surface area contributed by atoms with Crippen molar-refractivity contribution >= 4 is 17.3 Å². The van der Waals surface area contributed by atoms with E-state index < -0.39 is 0 Å². The Labute approximate surface area is 159 Å². The zero-order chi connectivity index (χ0) is 19.2. The molecular weight excluding hydrogens is 340 g/mol. The smallest absolute Gasteiger partial charge is 0.255 e. The summed E-state index contributed by atoms with van der Waals surface area (Å²) in [6, 6.07) is 13.3. The van der Waals surface area contributed by atoms with Crippen LogP contribution in [0.15, 0.2) is 48.8 Å². The van der Waals surface area contributed by atoms with Gasteiger partial charge in [0.05, 0.1) is 5.69 Å². The van der Waals surface area contributed by atoms with Crippen LogP contribution in [0.3, 0.4) is 0 Å². The predicted octanol–water partition coefficient (Wildman–Crippen LogP) is 3.46. The van der Waals surface area contributed by atoms with E-state index in [0.717, 1.165) is 42.0 Å². The molecule has 27 heavy (non-hydrogen) atoms. The number of benzene rings is 2. The molecule has 0 aliphatic heterocycles. The molecule has 1 heterocycles. The normalized spacial score (nSPS) is 10.6. The average Bonchev–Trinajstić information content (AvgIpc) is 3.20. The first-order valence-corrected chi connectivity index (χ1v) is 9.05. The molecule has 3 rings (SSSR count). The highest BCUT2D eigenvalue weighted by molar-refractivity contribution is 6.04. The van der Waals surface area contributed by atoms with Gasteiger partial charge in [-0.05, 0) is 71.8 Å². The van der Waals surface area contributed by atoms with Crippen LogP contribution in [0.2, 0.25) is 0 Å². The minimum absolute atomic E-state index is 0.132. The largest absolute Gasteiger partial charge is 0.375 e. The van der Waals surface area contributed by atoms with Gasteiger partial charge in [-0.1, -0.05) is 13.3 Å². The molecule has 0 unspecified atom stereocenters. The second-order valence-electron chi connectivity index (χ2n) is 6.53. The van der Waals surface area contributed by atoms with E-state index in [9.17, 15) is 4.79 Å². The summed E-state index contributed by atoms with van der Waals surface area (Å²) in [7, 11) is 2.07. The molecule has 0 atom stereocenters. The average molecular weight is 364 g/mol. The Balaban J connectivity index is 1.67. The number of carbonyl (C=O) groups excluding carboxylic acids is 1. The number of rotatable bonds is 7. The van der Waals surface area contributed by atoms with Crippen molar-refractivity contribution in [1.29, 1.82) is 0 Å². The maximum atomic E-state index is 12.5. The van der Waals surface area contributed by atoms with E-state index >= 15 is 0 Å². The van der Waals surface area contributed by atoms with Crippen LogP contribution < -0.4 is 10.2 Å². The maximum Gasteiger partial charge on any atom is 0.255 e. The quantitative estimate of drug-likeness (QED) is 0.695. The number of nitrogens with zero attached hydrogens (tertiary/aromatic N) is 5. The third-order valence-corrected chi connectivity index (χ3v) is 4.47. The van der Waals surface area contributed by atoms with Crippen LogP contribution >= 0.6 is 0 Å². The zero-order valence-corrected chi connectivity index (χ0v) is 15.9. The zero-order valence-electron chi connectivity index (χ0n) is 15.9. The molecule has 7 heteroatoms. The van der Waals surface area contributed by atoms with E-state index in [0.29, 0.717) is 5.56 Å². The van der Waals surface area contributed by atoms with Crippen LogP contribution in [0.5, 0.6) is 0 Å². The second kappa shape index (κ2) is 8.44. The van der Waals surface area contributed by atoms with Gasteiger partial charge in [-0.25, -0.2) is 4.68 Å². The van der Waals surface area contributed by atoms with Gasteiger partial charge in [0.15, 0.2) is 0 Å². The van der Waals surface area contributed by atoms with Crippen LogP contribution in [0.4, 0.5) is 11.4 Å². The molecule has 0 bridgehead atoms. The van der Waals surface area contributed by atoms with Gasteiger partial charge < -0.3 is 10.2 Å². The van der Waals surface area contributed by atoms with Crippen molar-refractivity contribution in [3.63, 3.8) is 0 Å². The summed E-state index contributed by atoms with van der Waals surface area (Å²) in [5, 5.41) is 14.1. The number of anilines is 2. The van der Waals surface area contributed by atoms with Crippen molar-refractivity contribution in [2.45, 2.75) is 26.7 Å². The lowest BCUT2D eigenvalue weighted by atomic mass is 10.1. The fourth-order valence-corrected chi connectivity index (χ4v) is 2.86. The van der Waals surface area contributed by atoms with Crippen molar-refractivity contribution in [3.8, 4) is 5.69 Å². The number of nitrogens with one attached hydrogen (secondary N) is 1. The Morgan fingerprint density at radius 3 is 2.59 bits per heavy atom. The van der Waals surface area contributed by atoms with E-state index in [-0.39, 0.29) is 5.91 Å². The molecule has 1 aromatic heterocycles. The van der Waals surface area contributed by atoms with Crippen LogP contribution in [0.25, 0.3) is 5.69 Å². The van der Waals surface area contributed by atoms with Crippen molar-refractivity contribution in [3.05, 3.63) is 59.9 Å². The van der Waals surface area contributed by atoms with Crippen molar-refractivity contribution in [1.82, 2.24) is 20.2 Å². The van der Waals surface area contributed by atoms with Gasteiger partial charge in [0.25, 0.3) is 5.91 Å². The summed E-state index contributed by atoms with van der Waals surface area (Å²) in [4.78, 5) is 14.7. The Bertz CT molecular complexity index is 889. The Hall–Kier alpha value is -3.22. The Morgan fingerprint density at radius 2 is 1.96 bits per heavy atom. The second-order valence-corrected chi connectivity index (χ2v) is 6.53. The van der Waals surface area contributed by atoms with E-state index in [2.05, 4.69) is 39.7 Å². The summed E-state index contributed by atoms with van der Waals surface area (Å²) < 4.78 is 1.59. The first kappa shape index (κ1) is 18.6. The molecule has 1 N–H and O–H groups in total. The van der Waals surface area contributed by atoms with E-state index in [1.165, 1.54) is 0 Å². The number of hydrogen-bond acceptors (Lipinski definition) is 5. The number of carbonyl (C=O) groups is 1. The number of amides is 1. The summed E-state index contributed by atoms with van der Waals surface area (Å²) >= 11 is 0. The summed E-state index contributed by atoms with van der Waals surface area (Å²) in [6.07, 6.45) is 3.86.